The van der Waals surface area contributed by atoms with Crippen molar-refractivity contribution in [2.24, 2.45) is 0 Å². The van der Waals surface area contributed by atoms with E-state index in [-0.39, 0.29) is 5.91 Å². The first-order chi connectivity index (χ1) is 11.7. The molecule has 1 N–H and O–H groups in total. The number of piperazine rings is 1. The minimum Gasteiger partial charge on any atom is -0.384 e. The van der Waals surface area contributed by atoms with Crippen LogP contribution in [-0.2, 0) is 4.79 Å². The Labute approximate surface area is 151 Å². The zero-order valence-corrected chi connectivity index (χ0v) is 15.2. The molecule has 24 heavy (non-hydrogen) atoms. The van der Waals surface area contributed by atoms with Gasteiger partial charge in [0, 0.05) is 55.0 Å². The van der Waals surface area contributed by atoms with Gasteiger partial charge in [-0.1, -0.05) is 30.3 Å². The number of hydrogen-bond donors (Lipinski definition) is 1. The average molecular weight is 388 g/mol. The molecule has 0 saturated carbocycles. The molecular weight excluding hydrogens is 366 g/mol. The second-order valence-corrected chi connectivity index (χ2v) is 6.71. The number of rotatable bonds is 5. The van der Waals surface area contributed by atoms with Gasteiger partial charge in [-0.05, 0) is 40.2 Å². The Morgan fingerprint density at radius 1 is 0.958 bits per heavy atom. The Balaban J connectivity index is 1.43. The zero-order chi connectivity index (χ0) is 16.8. The molecule has 0 aromatic heterocycles. The highest BCUT2D eigenvalue weighted by atomic mass is 79.9. The van der Waals surface area contributed by atoms with Crippen LogP contribution in [0.3, 0.4) is 0 Å². The fraction of sp³-hybridized carbons (Fsp3) is 0.316. The smallest absolute Gasteiger partial charge is 0.224 e. The van der Waals surface area contributed by atoms with E-state index in [9.17, 15) is 4.79 Å². The molecule has 1 fully saturated rings. The van der Waals surface area contributed by atoms with Crippen molar-refractivity contribution in [2.75, 3.05) is 42.9 Å². The number of para-hydroxylation sites is 2. The molecule has 0 unspecified atom stereocenters. The van der Waals surface area contributed by atoms with E-state index >= 15 is 0 Å². The minimum atomic E-state index is 0.224. The molecule has 0 aliphatic carbocycles. The maximum absolute atomic E-state index is 12.4. The number of nitrogens with zero attached hydrogens (tertiary/aromatic N) is 2. The van der Waals surface area contributed by atoms with Gasteiger partial charge in [-0.2, -0.15) is 0 Å². The maximum Gasteiger partial charge on any atom is 0.224 e. The van der Waals surface area contributed by atoms with E-state index in [4.69, 9.17) is 0 Å². The van der Waals surface area contributed by atoms with E-state index in [2.05, 4.69) is 50.4 Å². The molecule has 0 bridgehead atoms. The van der Waals surface area contributed by atoms with E-state index < -0.39 is 0 Å². The van der Waals surface area contributed by atoms with Crippen LogP contribution >= 0.6 is 15.9 Å². The topological polar surface area (TPSA) is 35.6 Å². The van der Waals surface area contributed by atoms with Gasteiger partial charge in [0.2, 0.25) is 5.91 Å². The number of carbonyl (C=O) groups excluding carboxylic acids is 1. The van der Waals surface area contributed by atoms with Crippen molar-refractivity contribution in [1.82, 2.24) is 4.90 Å². The highest BCUT2D eigenvalue weighted by Gasteiger charge is 2.20. The van der Waals surface area contributed by atoms with Crippen molar-refractivity contribution in [2.45, 2.75) is 6.42 Å². The number of halogens is 1. The molecule has 2 aromatic rings. The minimum absolute atomic E-state index is 0.224. The first-order valence-electron chi connectivity index (χ1n) is 8.30. The van der Waals surface area contributed by atoms with E-state index in [0.717, 1.165) is 36.3 Å². The number of amides is 1. The summed E-state index contributed by atoms with van der Waals surface area (Å²) in [6.07, 6.45) is 0.521. The number of anilines is 2. The Hall–Kier alpha value is -2.01. The molecule has 1 saturated heterocycles. The lowest BCUT2D eigenvalue weighted by Gasteiger charge is -2.36. The fourth-order valence-electron chi connectivity index (χ4n) is 2.92. The Kier molecular flexibility index (Phi) is 5.75. The SMILES string of the molecule is O=C(CCNc1ccccc1Br)N1CCN(c2ccccc2)CC1. The number of carbonyl (C=O) groups is 1. The molecule has 1 aliphatic rings. The van der Waals surface area contributed by atoms with Crippen molar-refractivity contribution in [3.63, 3.8) is 0 Å². The van der Waals surface area contributed by atoms with Crippen molar-refractivity contribution >= 4 is 33.2 Å². The predicted molar refractivity (Wildman–Crippen MR) is 102 cm³/mol. The van der Waals surface area contributed by atoms with Crippen molar-refractivity contribution in [1.29, 1.82) is 0 Å². The highest BCUT2D eigenvalue weighted by molar-refractivity contribution is 9.10. The molecule has 3 rings (SSSR count). The molecule has 1 aliphatic heterocycles. The Morgan fingerprint density at radius 3 is 2.33 bits per heavy atom. The van der Waals surface area contributed by atoms with E-state index in [1.807, 2.05) is 35.2 Å². The van der Waals surface area contributed by atoms with Crippen LogP contribution in [0.2, 0.25) is 0 Å². The Morgan fingerprint density at radius 2 is 1.62 bits per heavy atom. The maximum atomic E-state index is 12.4. The summed E-state index contributed by atoms with van der Waals surface area (Å²) in [7, 11) is 0. The fourth-order valence-corrected chi connectivity index (χ4v) is 3.34. The summed E-state index contributed by atoms with van der Waals surface area (Å²) in [5, 5.41) is 3.31. The summed E-state index contributed by atoms with van der Waals surface area (Å²) in [6, 6.07) is 18.4. The number of hydrogen-bond acceptors (Lipinski definition) is 3. The van der Waals surface area contributed by atoms with Crippen molar-refractivity contribution < 1.29 is 4.79 Å². The third-order valence-corrected chi connectivity index (χ3v) is 4.97. The van der Waals surface area contributed by atoms with Gasteiger partial charge in [-0.15, -0.1) is 0 Å². The summed E-state index contributed by atoms with van der Waals surface area (Å²) in [6.45, 7) is 4.03. The van der Waals surface area contributed by atoms with Gasteiger partial charge in [0.15, 0.2) is 0 Å². The lowest BCUT2D eigenvalue weighted by molar-refractivity contribution is -0.131. The second-order valence-electron chi connectivity index (χ2n) is 5.86. The van der Waals surface area contributed by atoms with Gasteiger partial charge in [-0.3, -0.25) is 4.79 Å². The van der Waals surface area contributed by atoms with Crippen LogP contribution < -0.4 is 10.2 Å². The van der Waals surface area contributed by atoms with E-state index in [1.54, 1.807) is 0 Å². The molecule has 0 radical (unpaired) electrons. The average Bonchev–Trinajstić information content (AvgIpc) is 2.64. The molecule has 0 spiro atoms. The predicted octanol–water partition coefficient (Wildman–Crippen LogP) is 3.60. The van der Waals surface area contributed by atoms with Gasteiger partial charge in [-0.25, -0.2) is 0 Å². The molecule has 1 amide bonds. The van der Waals surface area contributed by atoms with Gasteiger partial charge in [0.1, 0.15) is 0 Å². The van der Waals surface area contributed by atoms with E-state index in [0.29, 0.717) is 13.0 Å². The van der Waals surface area contributed by atoms with Crippen LogP contribution in [0, 0.1) is 0 Å². The molecule has 126 valence electrons. The van der Waals surface area contributed by atoms with E-state index in [1.165, 1.54) is 5.69 Å². The van der Waals surface area contributed by atoms with Gasteiger partial charge >= 0.3 is 0 Å². The number of nitrogens with one attached hydrogen (secondary N) is 1. The number of benzene rings is 2. The van der Waals surface area contributed by atoms with Crippen LogP contribution in [-0.4, -0.2) is 43.5 Å². The second kappa shape index (κ2) is 8.20. The van der Waals surface area contributed by atoms with Gasteiger partial charge in [0.05, 0.1) is 0 Å². The quantitative estimate of drug-likeness (QED) is 0.850. The molecule has 0 atom stereocenters. The molecule has 1 heterocycles. The zero-order valence-electron chi connectivity index (χ0n) is 13.6. The van der Waals surface area contributed by atoms with Crippen LogP contribution in [0.4, 0.5) is 11.4 Å². The molecular formula is C19H22BrN3O. The summed E-state index contributed by atoms with van der Waals surface area (Å²) < 4.78 is 1.02. The molecule has 4 nitrogen and oxygen atoms in total. The van der Waals surface area contributed by atoms with Gasteiger partial charge < -0.3 is 15.1 Å². The molecule has 2 aromatic carbocycles. The Bertz CT molecular complexity index is 669. The first-order valence-corrected chi connectivity index (χ1v) is 9.09. The van der Waals surface area contributed by atoms with Crippen LogP contribution in [0.15, 0.2) is 59.1 Å². The summed E-state index contributed by atoms with van der Waals surface area (Å²) in [4.78, 5) is 16.7. The first kappa shape index (κ1) is 16.8. The summed E-state index contributed by atoms with van der Waals surface area (Å²) >= 11 is 3.51. The highest BCUT2D eigenvalue weighted by Crippen LogP contribution is 2.21. The standard InChI is InChI=1S/C19H22BrN3O/c20-17-8-4-5-9-18(17)21-11-10-19(24)23-14-12-22(13-15-23)16-6-2-1-3-7-16/h1-9,21H,10-15H2. The summed E-state index contributed by atoms with van der Waals surface area (Å²) in [5.41, 5.74) is 2.26. The molecule has 5 heteroatoms. The van der Waals surface area contributed by atoms with Crippen LogP contribution in [0.1, 0.15) is 6.42 Å². The van der Waals surface area contributed by atoms with Crippen LogP contribution in [0.5, 0.6) is 0 Å². The summed E-state index contributed by atoms with van der Waals surface area (Å²) in [5.74, 6) is 0.224. The lowest BCUT2D eigenvalue weighted by atomic mass is 10.2. The normalized spacial score (nSPS) is 14.5. The van der Waals surface area contributed by atoms with Crippen molar-refractivity contribution in [3.8, 4) is 0 Å². The lowest BCUT2D eigenvalue weighted by Crippen LogP contribution is -2.49. The third-order valence-electron chi connectivity index (χ3n) is 4.28. The largest absolute Gasteiger partial charge is 0.384 e. The third kappa shape index (κ3) is 4.29. The van der Waals surface area contributed by atoms with Crippen LogP contribution in [0.25, 0.3) is 0 Å². The van der Waals surface area contributed by atoms with Crippen molar-refractivity contribution in [3.05, 3.63) is 59.1 Å². The monoisotopic (exact) mass is 387 g/mol. The van der Waals surface area contributed by atoms with Gasteiger partial charge in [0.25, 0.3) is 0 Å².